The standard InChI is InChI=1S/C21H22N4O5/c1-28-12-21(27)22-9-8-19-24-15-4-2-3-5-16(15)25(19)11-20(26)23-14-6-7-17-18(10-14)30-13-29-17/h2-7,10H,8-9,11-13H2,1H3,(H,22,27)(H,23,26). The Morgan fingerprint density at radius 3 is 2.83 bits per heavy atom. The van der Waals surface area contributed by atoms with E-state index in [0.29, 0.717) is 30.2 Å². The molecule has 2 heterocycles. The maximum absolute atomic E-state index is 12.7. The van der Waals surface area contributed by atoms with Crippen molar-refractivity contribution in [3.63, 3.8) is 0 Å². The summed E-state index contributed by atoms with van der Waals surface area (Å²) >= 11 is 0. The molecular weight excluding hydrogens is 388 g/mol. The smallest absolute Gasteiger partial charge is 0.245 e. The molecule has 1 aliphatic rings. The van der Waals surface area contributed by atoms with Crippen LogP contribution in [0.2, 0.25) is 0 Å². The van der Waals surface area contributed by atoms with Crippen LogP contribution in [0.15, 0.2) is 42.5 Å². The monoisotopic (exact) mass is 410 g/mol. The first-order valence-corrected chi connectivity index (χ1v) is 9.53. The van der Waals surface area contributed by atoms with Gasteiger partial charge in [-0.3, -0.25) is 9.59 Å². The normalized spacial score (nSPS) is 12.2. The van der Waals surface area contributed by atoms with Gasteiger partial charge in [-0.1, -0.05) is 12.1 Å². The Balaban J connectivity index is 1.47. The molecule has 1 aliphatic heterocycles. The Bertz CT molecular complexity index is 1080. The molecule has 3 aromatic rings. The molecule has 0 spiro atoms. The van der Waals surface area contributed by atoms with Crippen LogP contribution >= 0.6 is 0 Å². The number of para-hydroxylation sites is 2. The van der Waals surface area contributed by atoms with Crippen molar-refractivity contribution in [2.75, 3.05) is 32.4 Å². The van der Waals surface area contributed by atoms with E-state index in [2.05, 4.69) is 15.6 Å². The zero-order valence-corrected chi connectivity index (χ0v) is 16.5. The lowest BCUT2D eigenvalue weighted by molar-refractivity contribution is -0.124. The minimum absolute atomic E-state index is 0.00829. The molecule has 0 fully saturated rings. The highest BCUT2D eigenvalue weighted by atomic mass is 16.7. The molecule has 0 bridgehead atoms. The van der Waals surface area contributed by atoms with E-state index in [4.69, 9.17) is 14.2 Å². The van der Waals surface area contributed by atoms with Crippen molar-refractivity contribution in [1.29, 1.82) is 0 Å². The molecule has 9 heteroatoms. The number of amides is 2. The van der Waals surface area contributed by atoms with Gasteiger partial charge in [-0.25, -0.2) is 4.98 Å². The van der Waals surface area contributed by atoms with Crippen LogP contribution in [0.3, 0.4) is 0 Å². The fourth-order valence-corrected chi connectivity index (χ4v) is 3.31. The van der Waals surface area contributed by atoms with E-state index in [1.165, 1.54) is 7.11 Å². The summed E-state index contributed by atoms with van der Waals surface area (Å²) in [5.74, 6) is 1.59. The largest absolute Gasteiger partial charge is 0.454 e. The van der Waals surface area contributed by atoms with Gasteiger partial charge >= 0.3 is 0 Å². The second kappa shape index (κ2) is 8.83. The molecule has 30 heavy (non-hydrogen) atoms. The average Bonchev–Trinajstić information content (AvgIpc) is 3.33. The first-order chi connectivity index (χ1) is 14.6. The van der Waals surface area contributed by atoms with E-state index < -0.39 is 0 Å². The third-order valence-corrected chi connectivity index (χ3v) is 4.64. The van der Waals surface area contributed by atoms with Gasteiger partial charge in [0.15, 0.2) is 11.5 Å². The number of carbonyl (C=O) groups excluding carboxylic acids is 2. The molecule has 0 atom stereocenters. The summed E-state index contributed by atoms with van der Waals surface area (Å²) in [5, 5.41) is 5.66. The van der Waals surface area contributed by atoms with Crippen molar-refractivity contribution in [3.05, 3.63) is 48.3 Å². The molecule has 1 aromatic heterocycles. The van der Waals surface area contributed by atoms with Crippen molar-refractivity contribution in [3.8, 4) is 11.5 Å². The van der Waals surface area contributed by atoms with Crippen LogP contribution in [0.4, 0.5) is 5.69 Å². The Hall–Kier alpha value is -3.59. The molecule has 2 N–H and O–H groups in total. The fourth-order valence-electron chi connectivity index (χ4n) is 3.31. The molecule has 2 aromatic carbocycles. The number of aromatic nitrogens is 2. The average molecular weight is 410 g/mol. The second-order valence-corrected chi connectivity index (χ2v) is 6.75. The van der Waals surface area contributed by atoms with E-state index in [1.807, 2.05) is 28.8 Å². The predicted molar refractivity (Wildman–Crippen MR) is 110 cm³/mol. The topological polar surface area (TPSA) is 104 Å². The van der Waals surface area contributed by atoms with Gasteiger partial charge in [0.05, 0.1) is 11.0 Å². The van der Waals surface area contributed by atoms with Crippen molar-refractivity contribution in [1.82, 2.24) is 14.9 Å². The van der Waals surface area contributed by atoms with Crippen molar-refractivity contribution >= 4 is 28.5 Å². The molecule has 0 radical (unpaired) electrons. The molecule has 0 aliphatic carbocycles. The van der Waals surface area contributed by atoms with Crippen LogP contribution < -0.4 is 20.1 Å². The number of benzene rings is 2. The van der Waals surface area contributed by atoms with Crippen LogP contribution in [0.5, 0.6) is 11.5 Å². The van der Waals surface area contributed by atoms with Crippen LogP contribution in [-0.2, 0) is 27.3 Å². The molecule has 0 saturated heterocycles. The number of methoxy groups -OCH3 is 1. The molecule has 0 saturated carbocycles. The summed E-state index contributed by atoms with van der Waals surface area (Å²) in [4.78, 5) is 29.0. The lowest BCUT2D eigenvalue weighted by Gasteiger charge is -2.11. The first-order valence-electron chi connectivity index (χ1n) is 9.53. The quantitative estimate of drug-likeness (QED) is 0.586. The summed E-state index contributed by atoms with van der Waals surface area (Å²) < 4.78 is 17.3. The van der Waals surface area contributed by atoms with E-state index >= 15 is 0 Å². The molecule has 2 amide bonds. The Labute approximate surface area is 172 Å². The van der Waals surface area contributed by atoms with Crippen LogP contribution in [0, 0.1) is 0 Å². The third kappa shape index (κ3) is 4.36. The highest BCUT2D eigenvalue weighted by Gasteiger charge is 2.16. The van der Waals surface area contributed by atoms with E-state index in [1.54, 1.807) is 18.2 Å². The summed E-state index contributed by atoms with van der Waals surface area (Å²) in [6, 6.07) is 12.9. The predicted octanol–water partition coefficient (Wildman–Crippen LogP) is 1.71. The summed E-state index contributed by atoms with van der Waals surface area (Å²) in [7, 11) is 1.47. The Morgan fingerprint density at radius 2 is 1.97 bits per heavy atom. The van der Waals surface area contributed by atoms with Crippen LogP contribution in [0.25, 0.3) is 11.0 Å². The highest BCUT2D eigenvalue weighted by molar-refractivity contribution is 5.92. The maximum atomic E-state index is 12.7. The van der Waals surface area contributed by atoms with E-state index in [0.717, 1.165) is 16.9 Å². The molecule has 9 nitrogen and oxygen atoms in total. The van der Waals surface area contributed by atoms with Crippen molar-refractivity contribution < 1.29 is 23.8 Å². The zero-order chi connectivity index (χ0) is 20.9. The lowest BCUT2D eigenvalue weighted by Crippen LogP contribution is -2.30. The number of imidazole rings is 1. The van der Waals surface area contributed by atoms with Crippen LogP contribution in [-0.4, -0.2) is 48.4 Å². The lowest BCUT2D eigenvalue weighted by atomic mass is 10.2. The molecular formula is C21H22N4O5. The fraction of sp³-hybridized carbons (Fsp3) is 0.286. The van der Waals surface area contributed by atoms with Gasteiger partial charge in [0, 0.05) is 31.8 Å². The number of anilines is 1. The number of hydrogen-bond donors (Lipinski definition) is 2. The summed E-state index contributed by atoms with van der Waals surface area (Å²) in [6.45, 7) is 0.679. The van der Waals surface area contributed by atoms with Gasteiger partial charge in [0.2, 0.25) is 18.6 Å². The van der Waals surface area contributed by atoms with Gasteiger partial charge in [0.25, 0.3) is 0 Å². The number of nitrogens with one attached hydrogen (secondary N) is 2. The van der Waals surface area contributed by atoms with Gasteiger partial charge in [-0.15, -0.1) is 0 Å². The van der Waals surface area contributed by atoms with Gasteiger partial charge < -0.3 is 29.4 Å². The maximum Gasteiger partial charge on any atom is 0.245 e. The first kappa shape index (κ1) is 19.7. The number of fused-ring (bicyclic) bond motifs is 2. The van der Waals surface area contributed by atoms with Gasteiger partial charge in [0.1, 0.15) is 19.0 Å². The Kier molecular flexibility index (Phi) is 5.80. The minimum Gasteiger partial charge on any atom is -0.454 e. The molecule has 4 rings (SSSR count). The number of hydrogen-bond acceptors (Lipinski definition) is 6. The third-order valence-electron chi connectivity index (χ3n) is 4.64. The highest BCUT2D eigenvalue weighted by Crippen LogP contribution is 2.34. The summed E-state index contributed by atoms with van der Waals surface area (Å²) in [5.41, 5.74) is 2.28. The zero-order valence-electron chi connectivity index (χ0n) is 16.5. The van der Waals surface area contributed by atoms with Crippen molar-refractivity contribution in [2.24, 2.45) is 0 Å². The molecule has 0 unspecified atom stereocenters. The number of rotatable bonds is 8. The Morgan fingerprint density at radius 1 is 1.13 bits per heavy atom. The van der Waals surface area contributed by atoms with E-state index in [9.17, 15) is 9.59 Å². The summed E-state index contributed by atoms with van der Waals surface area (Å²) in [6.07, 6.45) is 0.488. The second-order valence-electron chi connectivity index (χ2n) is 6.75. The van der Waals surface area contributed by atoms with E-state index in [-0.39, 0.29) is 31.8 Å². The minimum atomic E-state index is -0.194. The number of nitrogens with zero attached hydrogens (tertiary/aromatic N) is 2. The van der Waals surface area contributed by atoms with Gasteiger partial charge in [-0.2, -0.15) is 0 Å². The van der Waals surface area contributed by atoms with Gasteiger partial charge in [-0.05, 0) is 24.3 Å². The van der Waals surface area contributed by atoms with Crippen LogP contribution in [0.1, 0.15) is 5.82 Å². The van der Waals surface area contributed by atoms with Crippen molar-refractivity contribution in [2.45, 2.75) is 13.0 Å². The SMILES string of the molecule is COCC(=O)NCCc1nc2ccccc2n1CC(=O)Nc1ccc2c(c1)OCO2. The number of carbonyl (C=O) groups is 2. The number of ether oxygens (including phenoxy) is 3. The molecule has 156 valence electrons.